The molecule has 0 aliphatic rings. The van der Waals surface area contributed by atoms with Crippen LogP contribution in [-0.4, -0.2) is 27.7 Å². The molecule has 9 heteroatoms. The van der Waals surface area contributed by atoms with Crippen molar-refractivity contribution in [3.05, 3.63) is 112 Å². The molecular weight excluding hydrogens is 550 g/mol. The SMILES string of the molecule is Cc1c(-[n+]2c(-c3ccccc3)csc2N(C)/N=C\c2ccc(O)cc2)c(=O)n(-c2ccccc2)n1C.[Br-]. The van der Waals surface area contributed by atoms with Crippen molar-refractivity contribution in [2.45, 2.75) is 6.92 Å². The third-order valence-electron chi connectivity index (χ3n) is 6.08. The predicted octanol–water partition coefficient (Wildman–Crippen LogP) is 1.67. The number of phenolic OH excluding ortho intramolecular Hbond substituents is 1. The van der Waals surface area contributed by atoms with Gasteiger partial charge in [0.15, 0.2) is 5.69 Å². The van der Waals surface area contributed by atoms with Gasteiger partial charge in [-0.05, 0) is 48.9 Å². The lowest BCUT2D eigenvalue weighted by Gasteiger charge is -2.08. The summed E-state index contributed by atoms with van der Waals surface area (Å²) in [6.45, 7) is 1.96. The number of hydrazone groups is 1. The fraction of sp³-hybridized carbons (Fsp3) is 0.107. The van der Waals surface area contributed by atoms with E-state index < -0.39 is 0 Å². The first kappa shape index (κ1) is 26.1. The van der Waals surface area contributed by atoms with E-state index in [0.29, 0.717) is 5.69 Å². The maximum Gasteiger partial charge on any atom is 0.367 e. The molecule has 5 rings (SSSR count). The molecule has 7 nitrogen and oxygen atoms in total. The Morgan fingerprint density at radius 3 is 2.24 bits per heavy atom. The molecule has 0 aliphatic heterocycles. The first-order chi connectivity index (χ1) is 17.5. The lowest BCUT2D eigenvalue weighted by molar-refractivity contribution is -0.567. The molecule has 0 atom stereocenters. The fourth-order valence-corrected chi connectivity index (χ4v) is 5.09. The van der Waals surface area contributed by atoms with E-state index in [0.717, 1.165) is 33.3 Å². The average Bonchev–Trinajstić information content (AvgIpc) is 3.42. The van der Waals surface area contributed by atoms with E-state index in [1.807, 2.05) is 90.9 Å². The number of hydrogen-bond acceptors (Lipinski definition) is 5. The van der Waals surface area contributed by atoms with Gasteiger partial charge in [0, 0.05) is 18.0 Å². The van der Waals surface area contributed by atoms with Gasteiger partial charge in [0.05, 0.1) is 17.6 Å². The van der Waals surface area contributed by atoms with Gasteiger partial charge < -0.3 is 22.1 Å². The van der Waals surface area contributed by atoms with E-state index in [1.165, 1.54) is 11.3 Å². The number of anilines is 1. The monoisotopic (exact) mass is 575 g/mol. The van der Waals surface area contributed by atoms with Crippen molar-refractivity contribution in [3.63, 3.8) is 0 Å². The minimum Gasteiger partial charge on any atom is -1.00 e. The number of thiazole rings is 1. The van der Waals surface area contributed by atoms with Gasteiger partial charge in [-0.25, -0.2) is 4.68 Å². The van der Waals surface area contributed by atoms with Crippen LogP contribution < -0.4 is 32.1 Å². The van der Waals surface area contributed by atoms with Crippen molar-refractivity contribution in [1.29, 1.82) is 0 Å². The van der Waals surface area contributed by atoms with Crippen molar-refractivity contribution in [2.75, 3.05) is 12.1 Å². The second-order valence-electron chi connectivity index (χ2n) is 8.37. The molecule has 0 amide bonds. The minimum atomic E-state index is -0.112. The van der Waals surface area contributed by atoms with Crippen LogP contribution in [0.25, 0.3) is 22.6 Å². The number of nitrogens with zero attached hydrogens (tertiary/aromatic N) is 5. The van der Waals surface area contributed by atoms with Gasteiger partial charge in [0.1, 0.15) is 12.8 Å². The fourth-order valence-electron chi connectivity index (χ4n) is 4.13. The van der Waals surface area contributed by atoms with Crippen molar-refractivity contribution in [3.8, 4) is 28.4 Å². The number of para-hydroxylation sites is 1. The number of hydrogen-bond donors (Lipinski definition) is 1. The molecule has 0 saturated carbocycles. The molecule has 2 aromatic heterocycles. The Morgan fingerprint density at radius 2 is 1.59 bits per heavy atom. The normalized spacial score (nSPS) is 11.0. The highest BCUT2D eigenvalue weighted by molar-refractivity contribution is 7.13. The number of benzene rings is 3. The summed E-state index contributed by atoms with van der Waals surface area (Å²) in [5.41, 5.74) is 4.87. The number of aromatic hydroxyl groups is 1. The van der Waals surface area contributed by atoms with E-state index in [9.17, 15) is 9.90 Å². The first-order valence-corrected chi connectivity index (χ1v) is 12.3. The smallest absolute Gasteiger partial charge is 0.367 e. The van der Waals surface area contributed by atoms with Crippen LogP contribution >= 0.6 is 11.3 Å². The van der Waals surface area contributed by atoms with Crippen molar-refractivity contribution < 1.29 is 26.7 Å². The number of rotatable bonds is 6. The van der Waals surface area contributed by atoms with Gasteiger partial charge in [-0.1, -0.05) is 65.0 Å². The molecule has 0 spiro atoms. The average molecular weight is 577 g/mol. The van der Waals surface area contributed by atoms with Crippen LogP contribution in [0.5, 0.6) is 5.75 Å². The lowest BCUT2D eigenvalue weighted by atomic mass is 10.1. The molecule has 1 N–H and O–H groups in total. The Hall–Kier alpha value is -3.95. The van der Waals surface area contributed by atoms with Gasteiger partial charge in [-0.2, -0.15) is 4.57 Å². The minimum absolute atomic E-state index is 0. The molecule has 188 valence electrons. The number of aromatic nitrogens is 3. The maximum atomic E-state index is 13.9. The number of phenols is 1. The lowest BCUT2D eigenvalue weighted by Crippen LogP contribution is -3.00. The molecule has 0 saturated heterocycles. The zero-order valence-corrected chi connectivity index (χ0v) is 23.0. The van der Waals surface area contributed by atoms with Gasteiger partial charge >= 0.3 is 10.7 Å². The van der Waals surface area contributed by atoms with E-state index >= 15 is 0 Å². The second-order valence-corrected chi connectivity index (χ2v) is 9.21. The molecule has 0 radical (unpaired) electrons. The topological polar surface area (TPSA) is 66.6 Å². The molecular formula is C28H26BrN5O2S. The summed E-state index contributed by atoms with van der Waals surface area (Å²) in [5, 5.41) is 18.8. The molecule has 2 heterocycles. The number of halogens is 1. The third-order valence-corrected chi connectivity index (χ3v) is 7.07. The predicted molar refractivity (Wildman–Crippen MR) is 145 cm³/mol. The standard InChI is InChI=1S/C28H25N5O2S.BrH/c1-20-26(27(35)33(31(20)3)23-12-8-5-9-13-23)32-25(22-10-6-4-7-11-22)19-36-28(32)30(2)29-18-21-14-16-24(34)17-15-21;/h4-19H,1-3H3;1H. The van der Waals surface area contributed by atoms with E-state index in [4.69, 9.17) is 0 Å². The molecule has 0 fully saturated rings. The highest BCUT2D eigenvalue weighted by Crippen LogP contribution is 2.28. The first-order valence-electron chi connectivity index (χ1n) is 11.5. The highest BCUT2D eigenvalue weighted by Gasteiger charge is 2.31. The largest absolute Gasteiger partial charge is 1.00 e. The van der Waals surface area contributed by atoms with E-state index in [1.54, 1.807) is 40.2 Å². The summed E-state index contributed by atoms with van der Waals surface area (Å²) in [6, 6.07) is 26.5. The third kappa shape index (κ3) is 5.00. The molecule has 37 heavy (non-hydrogen) atoms. The maximum absolute atomic E-state index is 13.9. The molecule has 0 bridgehead atoms. The second kappa shape index (κ2) is 11.0. The summed E-state index contributed by atoms with van der Waals surface area (Å²) in [6.07, 6.45) is 1.73. The Kier molecular flexibility index (Phi) is 7.75. The molecule has 3 aromatic carbocycles. The van der Waals surface area contributed by atoms with Crippen LogP contribution in [0.3, 0.4) is 0 Å². The molecule has 0 unspecified atom stereocenters. The van der Waals surface area contributed by atoms with Crippen LogP contribution in [0, 0.1) is 6.92 Å². The summed E-state index contributed by atoms with van der Waals surface area (Å²) in [4.78, 5) is 13.9. The van der Waals surface area contributed by atoms with Gasteiger partial charge in [-0.15, -0.1) is 5.01 Å². The summed E-state index contributed by atoms with van der Waals surface area (Å²) >= 11 is 1.52. The zero-order chi connectivity index (χ0) is 25.2. The van der Waals surface area contributed by atoms with E-state index in [-0.39, 0.29) is 28.3 Å². The van der Waals surface area contributed by atoms with Crippen LogP contribution in [0.2, 0.25) is 0 Å². The van der Waals surface area contributed by atoms with Crippen LogP contribution in [0.4, 0.5) is 5.13 Å². The Bertz CT molecular complexity index is 1590. The highest BCUT2D eigenvalue weighted by atomic mass is 79.9. The molecule has 0 aliphatic carbocycles. The van der Waals surface area contributed by atoms with Crippen LogP contribution in [-0.2, 0) is 7.05 Å². The Labute approximate surface area is 229 Å². The summed E-state index contributed by atoms with van der Waals surface area (Å²) in [5.74, 6) is 0.207. The van der Waals surface area contributed by atoms with Gasteiger partial charge in [0.2, 0.25) is 5.69 Å². The van der Waals surface area contributed by atoms with Gasteiger partial charge in [0.25, 0.3) is 0 Å². The zero-order valence-electron chi connectivity index (χ0n) is 20.6. The summed E-state index contributed by atoms with van der Waals surface area (Å²) < 4.78 is 5.56. The van der Waals surface area contributed by atoms with Crippen LogP contribution in [0.1, 0.15) is 11.3 Å². The Balaban J connectivity index is 0.00000320. The van der Waals surface area contributed by atoms with Crippen molar-refractivity contribution in [2.24, 2.45) is 12.1 Å². The van der Waals surface area contributed by atoms with Crippen LogP contribution in [0.15, 0.2) is 100 Å². The van der Waals surface area contributed by atoms with Crippen molar-refractivity contribution in [1.82, 2.24) is 9.36 Å². The summed E-state index contributed by atoms with van der Waals surface area (Å²) in [7, 11) is 3.76. The molecule has 5 aromatic rings. The van der Waals surface area contributed by atoms with Gasteiger partial charge in [-0.3, -0.25) is 9.48 Å². The van der Waals surface area contributed by atoms with E-state index in [2.05, 4.69) is 10.5 Å². The quantitative estimate of drug-likeness (QED) is 0.190. The Morgan fingerprint density at radius 1 is 0.973 bits per heavy atom. The van der Waals surface area contributed by atoms with Crippen molar-refractivity contribution >= 4 is 22.7 Å².